The van der Waals surface area contributed by atoms with Gasteiger partial charge in [-0.2, -0.15) is 0 Å². The maximum Gasteiger partial charge on any atom is 0.349 e. The van der Waals surface area contributed by atoms with Crippen molar-refractivity contribution in [3.63, 3.8) is 0 Å². The molecule has 0 spiro atoms. The predicted molar refractivity (Wildman–Crippen MR) is 118 cm³/mol. The maximum absolute atomic E-state index is 12.5. The smallest absolute Gasteiger partial charge is 0.349 e. The quantitative estimate of drug-likeness (QED) is 0.418. The number of halogens is 1. The molecule has 8 nitrogen and oxygen atoms in total. The van der Waals surface area contributed by atoms with Gasteiger partial charge in [-0.1, -0.05) is 54.1 Å². The van der Waals surface area contributed by atoms with Gasteiger partial charge in [0.1, 0.15) is 5.02 Å². The van der Waals surface area contributed by atoms with Crippen LogP contribution in [0.3, 0.4) is 0 Å². The SMILES string of the molecule is O=C(O)COc1c(C(=O)O)sc(-c2cccc(NS(=O)(=O)Cc3ccccc3)c2)c1Cl. The van der Waals surface area contributed by atoms with Gasteiger partial charge in [0.15, 0.2) is 17.2 Å². The summed E-state index contributed by atoms with van der Waals surface area (Å²) in [5.74, 6) is -3.06. The van der Waals surface area contributed by atoms with Crippen molar-refractivity contribution in [2.24, 2.45) is 0 Å². The molecule has 1 aromatic heterocycles. The molecule has 0 aliphatic rings. The summed E-state index contributed by atoms with van der Waals surface area (Å²) in [6.07, 6.45) is 0. The number of nitrogens with one attached hydrogen (secondary N) is 1. The van der Waals surface area contributed by atoms with E-state index in [4.69, 9.17) is 21.4 Å². The zero-order chi connectivity index (χ0) is 22.6. The fourth-order valence-electron chi connectivity index (χ4n) is 2.72. The minimum absolute atomic E-state index is 0.0621. The van der Waals surface area contributed by atoms with E-state index < -0.39 is 28.6 Å². The van der Waals surface area contributed by atoms with Crippen LogP contribution in [0.15, 0.2) is 54.6 Å². The van der Waals surface area contributed by atoms with Crippen molar-refractivity contribution < 1.29 is 33.0 Å². The molecule has 1 heterocycles. The first-order chi connectivity index (χ1) is 14.7. The van der Waals surface area contributed by atoms with E-state index in [-0.39, 0.29) is 27.1 Å². The number of sulfonamides is 1. The summed E-state index contributed by atoms with van der Waals surface area (Å²) in [6.45, 7) is -0.754. The van der Waals surface area contributed by atoms with Crippen molar-refractivity contribution in [1.82, 2.24) is 0 Å². The fraction of sp³-hybridized carbons (Fsp3) is 0.100. The Morgan fingerprint density at radius 3 is 2.42 bits per heavy atom. The van der Waals surface area contributed by atoms with Gasteiger partial charge in [-0.3, -0.25) is 4.72 Å². The first-order valence-electron chi connectivity index (χ1n) is 8.71. The van der Waals surface area contributed by atoms with Gasteiger partial charge in [0, 0.05) is 5.69 Å². The number of aromatic carboxylic acids is 1. The van der Waals surface area contributed by atoms with Crippen LogP contribution < -0.4 is 9.46 Å². The van der Waals surface area contributed by atoms with Crippen LogP contribution in [0.5, 0.6) is 5.75 Å². The van der Waals surface area contributed by atoms with Crippen molar-refractivity contribution >= 4 is 50.6 Å². The normalized spacial score (nSPS) is 11.1. The molecule has 0 aliphatic carbocycles. The summed E-state index contributed by atoms with van der Waals surface area (Å²) in [6, 6.07) is 14.9. The summed E-state index contributed by atoms with van der Waals surface area (Å²) in [5, 5.41) is 18.1. The van der Waals surface area contributed by atoms with Crippen LogP contribution in [-0.4, -0.2) is 37.2 Å². The molecule has 0 saturated heterocycles. The Morgan fingerprint density at radius 1 is 1.06 bits per heavy atom. The lowest BCUT2D eigenvalue weighted by Gasteiger charge is -2.09. The molecule has 2 aromatic carbocycles. The van der Waals surface area contributed by atoms with Crippen LogP contribution in [0.25, 0.3) is 10.4 Å². The van der Waals surface area contributed by atoms with E-state index in [9.17, 15) is 23.1 Å². The van der Waals surface area contributed by atoms with Gasteiger partial charge >= 0.3 is 11.9 Å². The van der Waals surface area contributed by atoms with Crippen LogP contribution >= 0.6 is 22.9 Å². The van der Waals surface area contributed by atoms with Gasteiger partial charge in [0.2, 0.25) is 10.0 Å². The van der Waals surface area contributed by atoms with Crippen molar-refractivity contribution in [3.05, 3.63) is 70.1 Å². The lowest BCUT2D eigenvalue weighted by atomic mass is 10.1. The molecule has 0 atom stereocenters. The summed E-state index contributed by atoms with van der Waals surface area (Å²) >= 11 is 7.08. The number of thiophene rings is 1. The number of anilines is 1. The topological polar surface area (TPSA) is 130 Å². The summed E-state index contributed by atoms with van der Waals surface area (Å²) in [5.41, 5.74) is 1.34. The van der Waals surface area contributed by atoms with E-state index in [1.165, 1.54) is 6.07 Å². The highest BCUT2D eigenvalue weighted by molar-refractivity contribution is 7.91. The van der Waals surface area contributed by atoms with E-state index in [0.29, 0.717) is 16.0 Å². The molecule has 0 radical (unpaired) electrons. The fourth-order valence-corrected chi connectivity index (χ4v) is 5.31. The molecule has 11 heteroatoms. The average Bonchev–Trinajstić information content (AvgIpc) is 3.03. The summed E-state index contributed by atoms with van der Waals surface area (Å²) < 4.78 is 32.5. The Bertz CT molecular complexity index is 1220. The van der Waals surface area contributed by atoms with E-state index in [0.717, 1.165) is 11.3 Å². The number of rotatable bonds is 9. The zero-order valence-corrected chi connectivity index (χ0v) is 18.1. The number of carbonyl (C=O) groups is 2. The largest absolute Gasteiger partial charge is 0.479 e. The second kappa shape index (κ2) is 9.38. The highest BCUT2D eigenvalue weighted by Crippen LogP contribution is 2.45. The number of carboxylic acids is 2. The Labute approximate surface area is 186 Å². The van der Waals surface area contributed by atoms with Gasteiger partial charge < -0.3 is 14.9 Å². The minimum atomic E-state index is -3.69. The monoisotopic (exact) mass is 481 g/mol. The van der Waals surface area contributed by atoms with Crippen molar-refractivity contribution in [3.8, 4) is 16.2 Å². The molecule has 0 fully saturated rings. The Balaban J connectivity index is 1.90. The van der Waals surface area contributed by atoms with Crippen LogP contribution in [-0.2, 0) is 20.6 Å². The number of benzene rings is 2. The molecular weight excluding hydrogens is 466 g/mol. The van der Waals surface area contributed by atoms with E-state index in [1.54, 1.807) is 48.5 Å². The number of aliphatic carboxylic acids is 1. The van der Waals surface area contributed by atoms with Gasteiger partial charge in [-0.15, -0.1) is 11.3 Å². The molecule has 3 aromatic rings. The van der Waals surface area contributed by atoms with Crippen LogP contribution in [0.1, 0.15) is 15.2 Å². The molecule has 162 valence electrons. The molecule has 0 unspecified atom stereocenters. The zero-order valence-electron chi connectivity index (χ0n) is 15.7. The molecule has 31 heavy (non-hydrogen) atoms. The highest BCUT2D eigenvalue weighted by Gasteiger charge is 2.25. The molecule has 0 aliphatic heterocycles. The number of ether oxygens (including phenoxy) is 1. The van der Waals surface area contributed by atoms with Crippen molar-refractivity contribution in [2.45, 2.75) is 5.75 Å². The Morgan fingerprint density at radius 2 is 1.77 bits per heavy atom. The average molecular weight is 482 g/mol. The molecule has 0 bridgehead atoms. The second-order valence-corrected chi connectivity index (χ2v) is 9.44. The van der Waals surface area contributed by atoms with Gasteiger partial charge in [0.25, 0.3) is 0 Å². The van der Waals surface area contributed by atoms with E-state index in [1.807, 2.05) is 0 Å². The lowest BCUT2D eigenvalue weighted by molar-refractivity contribution is -0.139. The standard InChI is InChI=1S/C20H16ClNO7S2/c21-16-17(29-10-15(23)24)19(20(25)26)30-18(16)13-7-4-8-14(9-13)22-31(27,28)11-12-5-2-1-3-6-12/h1-9,22H,10-11H2,(H,23,24)(H,25,26). The third-order valence-corrected chi connectivity index (χ3v) is 6.88. The lowest BCUT2D eigenvalue weighted by Crippen LogP contribution is -2.15. The number of hydrogen-bond acceptors (Lipinski definition) is 6. The molecule has 0 amide bonds. The van der Waals surface area contributed by atoms with Gasteiger partial charge in [-0.25, -0.2) is 18.0 Å². The van der Waals surface area contributed by atoms with Gasteiger partial charge in [-0.05, 0) is 23.3 Å². The number of carboxylic acid groups (broad SMARTS) is 2. The Hall–Kier alpha value is -3.08. The predicted octanol–water partition coefficient (Wildman–Crippen LogP) is 4.17. The van der Waals surface area contributed by atoms with E-state index in [2.05, 4.69) is 4.72 Å². The first-order valence-corrected chi connectivity index (χ1v) is 11.6. The van der Waals surface area contributed by atoms with Crippen molar-refractivity contribution in [2.75, 3.05) is 11.3 Å². The van der Waals surface area contributed by atoms with Gasteiger partial charge in [0.05, 0.1) is 10.6 Å². The molecule has 0 saturated carbocycles. The maximum atomic E-state index is 12.5. The van der Waals surface area contributed by atoms with Crippen molar-refractivity contribution in [1.29, 1.82) is 0 Å². The Kier molecular flexibility index (Phi) is 6.84. The summed E-state index contributed by atoms with van der Waals surface area (Å²) in [4.78, 5) is 22.4. The molecule has 3 N–H and O–H groups in total. The van der Waals surface area contributed by atoms with E-state index >= 15 is 0 Å². The first kappa shape index (κ1) is 22.6. The van der Waals surface area contributed by atoms with Crippen LogP contribution in [0, 0.1) is 0 Å². The molecule has 3 rings (SSSR count). The minimum Gasteiger partial charge on any atom is -0.479 e. The number of hydrogen-bond donors (Lipinski definition) is 3. The molecular formula is C20H16ClNO7S2. The summed E-state index contributed by atoms with van der Waals surface area (Å²) in [7, 11) is -3.69. The third kappa shape index (κ3) is 5.75. The van der Waals surface area contributed by atoms with Crippen LogP contribution in [0.2, 0.25) is 5.02 Å². The van der Waals surface area contributed by atoms with Crippen LogP contribution in [0.4, 0.5) is 5.69 Å². The highest BCUT2D eigenvalue weighted by atomic mass is 35.5. The second-order valence-electron chi connectivity index (χ2n) is 6.32. The third-order valence-electron chi connectivity index (χ3n) is 3.94.